The lowest BCUT2D eigenvalue weighted by atomic mass is 10.0. The number of nitrogens with one attached hydrogen (secondary N) is 1. The van der Waals surface area contributed by atoms with Crippen LogP contribution in [0, 0.1) is 0 Å². The van der Waals surface area contributed by atoms with Crippen LogP contribution < -0.4 is 10.2 Å². The summed E-state index contributed by atoms with van der Waals surface area (Å²) in [5, 5.41) is 13.9. The molecule has 0 spiro atoms. The Bertz CT molecular complexity index is 1910. The number of likely N-dealkylation sites (N-methyl/N-ethyl adjacent to an activating group) is 1. The number of allylic oxidation sites excluding steroid dienone is 25. The van der Waals surface area contributed by atoms with Crippen LogP contribution >= 0.6 is 7.82 Å². The van der Waals surface area contributed by atoms with Gasteiger partial charge in [0.15, 0.2) is 0 Å². The van der Waals surface area contributed by atoms with Gasteiger partial charge in [0.25, 0.3) is 7.82 Å². The summed E-state index contributed by atoms with van der Waals surface area (Å²) in [6.07, 6.45) is 97.8. The number of amides is 1. The van der Waals surface area contributed by atoms with Crippen LogP contribution in [0.3, 0.4) is 0 Å². The van der Waals surface area contributed by atoms with Gasteiger partial charge in [0.2, 0.25) is 5.91 Å². The molecule has 3 atom stereocenters. The van der Waals surface area contributed by atoms with E-state index in [0.29, 0.717) is 23.9 Å². The Morgan fingerprint density at radius 2 is 0.747 bits per heavy atom. The number of quaternary nitrogens is 1. The highest BCUT2D eigenvalue weighted by Gasteiger charge is 2.23. The van der Waals surface area contributed by atoms with Gasteiger partial charge in [-0.3, -0.25) is 9.36 Å². The zero-order chi connectivity index (χ0) is 60.5. The van der Waals surface area contributed by atoms with Gasteiger partial charge in [0.05, 0.1) is 39.9 Å². The molecule has 0 aliphatic carbocycles. The van der Waals surface area contributed by atoms with Crippen molar-refractivity contribution >= 4 is 13.7 Å². The van der Waals surface area contributed by atoms with Crippen LogP contribution in [0.1, 0.15) is 251 Å². The lowest BCUT2D eigenvalue weighted by molar-refractivity contribution is -0.870. The summed E-state index contributed by atoms with van der Waals surface area (Å²) in [6.45, 7) is 4.48. The van der Waals surface area contributed by atoms with E-state index in [1.54, 1.807) is 6.08 Å². The van der Waals surface area contributed by atoms with Crippen molar-refractivity contribution < 1.29 is 32.9 Å². The molecular weight excluding hydrogens is 1040 g/mol. The minimum atomic E-state index is -4.63. The number of phosphoric acid groups is 1. The maximum absolute atomic E-state index is 13.0. The average molecular weight is 1170 g/mol. The highest BCUT2D eigenvalue weighted by Crippen LogP contribution is 2.38. The van der Waals surface area contributed by atoms with Crippen molar-refractivity contribution in [3.05, 3.63) is 158 Å². The van der Waals surface area contributed by atoms with Crippen LogP contribution in [-0.4, -0.2) is 68.5 Å². The van der Waals surface area contributed by atoms with Crippen LogP contribution in [0.15, 0.2) is 158 Å². The number of aliphatic hydroxyl groups excluding tert-OH is 1. The van der Waals surface area contributed by atoms with Gasteiger partial charge in [-0.05, 0) is 122 Å². The highest BCUT2D eigenvalue weighted by molar-refractivity contribution is 7.45. The largest absolute Gasteiger partial charge is 0.756 e. The molecule has 0 aliphatic heterocycles. The standard InChI is InChI=1S/C74H125N2O6P/c1-6-8-10-12-14-16-18-20-22-24-26-28-30-32-34-35-36-37-38-39-40-41-42-44-46-48-50-52-54-56-58-60-62-64-66-68-74(78)75-72(71-82-83(79,80)81-70-69-76(3,4)5)73(77)67-65-63-61-59-57-55-53-51-49-47-45-43-33-31-29-27-25-23-21-19-17-15-13-11-9-7-2/h8,10,14,16,20,22,26,28,32,34,36-37,39-40,42,44,48-51,54,56-57,59,65,67,72-73,77H,6-7,9,11-13,15,17-19,21,23-25,27,29-31,33,35,38,41,43,45-47,52-53,55,58,60-64,66,68-71H2,1-5H3,(H-,75,78,79,80)/b10-8-,16-14-,22-20-,28-26-,34-32-,37-36-,40-39-,44-42-,50-48-,51-49+,56-54-,59-57+,67-65+. The van der Waals surface area contributed by atoms with Crippen molar-refractivity contribution in [3.8, 4) is 0 Å². The number of unbranched alkanes of at least 4 members (excludes halogenated alkanes) is 22. The summed E-state index contributed by atoms with van der Waals surface area (Å²) < 4.78 is 23.4. The fourth-order valence-corrected chi connectivity index (χ4v) is 9.52. The molecule has 0 saturated heterocycles. The molecule has 83 heavy (non-hydrogen) atoms. The Labute approximate surface area is 511 Å². The third-order valence-corrected chi connectivity index (χ3v) is 14.9. The maximum Gasteiger partial charge on any atom is 0.268 e. The summed E-state index contributed by atoms with van der Waals surface area (Å²) in [6, 6.07) is -0.938. The minimum Gasteiger partial charge on any atom is -0.756 e. The van der Waals surface area contributed by atoms with E-state index < -0.39 is 26.6 Å². The van der Waals surface area contributed by atoms with Crippen LogP contribution in [0.2, 0.25) is 0 Å². The fourth-order valence-electron chi connectivity index (χ4n) is 8.80. The second-order valence-electron chi connectivity index (χ2n) is 23.1. The van der Waals surface area contributed by atoms with Crippen molar-refractivity contribution in [3.63, 3.8) is 0 Å². The predicted molar refractivity (Wildman–Crippen MR) is 361 cm³/mol. The van der Waals surface area contributed by atoms with Gasteiger partial charge in [-0.1, -0.05) is 281 Å². The van der Waals surface area contributed by atoms with Crippen LogP contribution in [0.25, 0.3) is 0 Å². The molecule has 2 N–H and O–H groups in total. The smallest absolute Gasteiger partial charge is 0.268 e. The summed E-state index contributed by atoms with van der Waals surface area (Å²) in [5.74, 6) is -0.241. The van der Waals surface area contributed by atoms with Gasteiger partial charge < -0.3 is 28.8 Å². The van der Waals surface area contributed by atoms with Gasteiger partial charge in [-0.2, -0.15) is 0 Å². The molecule has 1 amide bonds. The molecule has 472 valence electrons. The second kappa shape index (κ2) is 62.6. The molecule has 3 unspecified atom stereocenters. The van der Waals surface area contributed by atoms with Gasteiger partial charge in [0.1, 0.15) is 13.2 Å². The first-order valence-electron chi connectivity index (χ1n) is 33.3. The van der Waals surface area contributed by atoms with E-state index in [9.17, 15) is 19.4 Å². The number of rotatable bonds is 59. The highest BCUT2D eigenvalue weighted by atomic mass is 31.2. The third-order valence-electron chi connectivity index (χ3n) is 13.9. The molecule has 0 aromatic carbocycles. The van der Waals surface area contributed by atoms with Crippen molar-refractivity contribution in [2.45, 2.75) is 264 Å². The molecule has 0 saturated carbocycles. The number of nitrogens with zero attached hydrogens (tertiary/aromatic N) is 1. The Hall–Kier alpha value is -3.88. The summed E-state index contributed by atoms with van der Waals surface area (Å²) >= 11 is 0. The third kappa shape index (κ3) is 65.5. The SMILES string of the molecule is CC/C=C\C/C=C\C/C=C\C/C=C\C/C=C\C/C=C\C/C=C\C/C=C\C/C=C\C/C=C\CCCCCCC(=O)NC(COP(=O)([O-])OCC[N+](C)(C)C)C(O)/C=C/CC/C=C/CC/C=C/CCCCCCCCCCCCCCCCCC. The first kappa shape index (κ1) is 79.1. The Kier molecular flexibility index (Phi) is 59.7. The number of carbonyl (C=O) groups excluding carboxylic acids is 1. The van der Waals surface area contributed by atoms with E-state index in [-0.39, 0.29) is 18.9 Å². The number of aliphatic hydroxyl groups is 1. The van der Waals surface area contributed by atoms with Crippen molar-refractivity contribution in [2.24, 2.45) is 0 Å². The topological polar surface area (TPSA) is 108 Å². The number of phosphoric ester groups is 1. The minimum absolute atomic E-state index is 0.0232. The number of hydrogen-bond acceptors (Lipinski definition) is 6. The van der Waals surface area contributed by atoms with E-state index in [2.05, 4.69) is 165 Å². The van der Waals surface area contributed by atoms with E-state index in [1.807, 2.05) is 27.2 Å². The van der Waals surface area contributed by atoms with Crippen LogP contribution in [0.5, 0.6) is 0 Å². The number of hydrogen-bond donors (Lipinski definition) is 2. The van der Waals surface area contributed by atoms with E-state index in [4.69, 9.17) is 9.05 Å². The second-order valence-corrected chi connectivity index (χ2v) is 24.5. The molecule has 0 bridgehead atoms. The normalized spacial score (nSPS) is 14.7. The first-order chi connectivity index (χ1) is 40.5. The molecule has 0 rings (SSSR count). The molecular formula is C74H125N2O6P. The van der Waals surface area contributed by atoms with Gasteiger partial charge in [-0.15, -0.1) is 0 Å². The van der Waals surface area contributed by atoms with Crippen LogP contribution in [-0.2, 0) is 18.4 Å². The van der Waals surface area contributed by atoms with Gasteiger partial charge in [-0.25, -0.2) is 0 Å². The molecule has 0 fully saturated rings. The Morgan fingerprint density at radius 1 is 0.434 bits per heavy atom. The van der Waals surface area contributed by atoms with E-state index in [0.717, 1.165) is 109 Å². The molecule has 0 aromatic heterocycles. The first-order valence-corrected chi connectivity index (χ1v) is 34.8. The summed E-state index contributed by atoms with van der Waals surface area (Å²) in [7, 11) is 1.19. The summed E-state index contributed by atoms with van der Waals surface area (Å²) in [5.41, 5.74) is 0. The number of carbonyl (C=O) groups is 1. The predicted octanol–water partition coefficient (Wildman–Crippen LogP) is 20.7. The average Bonchev–Trinajstić information content (AvgIpc) is 3.49. The zero-order valence-corrected chi connectivity index (χ0v) is 54.7. The molecule has 0 aliphatic rings. The van der Waals surface area contributed by atoms with Crippen LogP contribution in [0.4, 0.5) is 0 Å². The molecule has 8 nitrogen and oxygen atoms in total. The zero-order valence-electron chi connectivity index (χ0n) is 53.8. The Morgan fingerprint density at radius 3 is 1.12 bits per heavy atom. The molecule has 9 heteroatoms. The fraction of sp³-hybridized carbons (Fsp3) is 0.635. The Balaban J connectivity index is 4.31. The van der Waals surface area contributed by atoms with Crippen molar-refractivity contribution in [1.82, 2.24) is 5.32 Å². The molecule has 0 radical (unpaired) electrons. The van der Waals surface area contributed by atoms with Gasteiger partial charge >= 0.3 is 0 Å². The monoisotopic (exact) mass is 1170 g/mol. The van der Waals surface area contributed by atoms with E-state index in [1.165, 1.54) is 109 Å². The molecule has 0 heterocycles. The lowest BCUT2D eigenvalue weighted by Crippen LogP contribution is -2.45. The summed E-state index contributed by atoms with van der Waals surface area (Å²) in [4.78, 5) is 25.6. The lowest BCUT2D eigenvalue weighted by Gasteiger charge is -2.29. The maximum atomic E-state index is 13.0. The quantitative estimate of drug-likeness (QED) is 0.0272. The van der Waals surface area contributed by atoms with Crippen molar-refractivity contribution in [2.75, 3.05) is 40.9 Å². The molecule has 0 aromatic rings. The van der Waals surface area contributed by atoms with Gasteiger partial charge in [0, 0.05) is 6.42 Å². The van der Waals surface area contributed by atoms with Crippen molar-refractivity contribution in [1.29, 1.82) is 0 Å². The van der Waals surface area contributed by atoms with E-state index >= 15 is 0 Å².